The predicted octanol–water partition coefficient (Wildman–Crippen LogP) is 0.426. The number of rotatable bonds is 9. The summed E-state index contributed by atoms with van der Waals surface area (Å²) in [5.41, 5.74) is 0.851. The first kappa shape index (κ1) is 25.5. The van der Waals surface area contributed by atoms with E-state index in [9.17, 15) is 35.4 Å². The number of ether oxygens (including phenoxy) is 4. The molecule has 0 bridgehead atoms. The third-order valence-electron chi connectivity index (χ3n) is 5.39. The van der Waals surface area contributed by atoms with Crippen molar-refractivity contribution in [3.63, 3.8) is 0 Å². The van der Waals surface area contributed by atoms with Gasteiger partial charge in [0.25, 0.3) is 0 Å². The molecule has 0 aromatic heterocycles. The average Bonchev–Trinajstić information content (AvgIpc) is 2.83. The van der Waals surface area contributed by atoms with Gasteiger partial charge >= 0.3 is 5.97 Å². The fraction of sp³-hybridized carbons (Fsp3) is 0.435. The summed E-state index contributed by atoms with van der Waals surface area (Å²) in [5, 5.41) is 59.1. The van der Waals surface area contributed by atoms with E-state index in [1.807, 2.05) is 0 Å². The molecule has 34 heavy (non-hydrogen) atoms. The molecule has 3 rings (SSSR count). The summed E-state index contributed by atoms with van der Waals surface area (Å²) in [6.07, 6.45) is -6.12. The Bertz CT molecular complexity index is 979. The molecular formula is C23H28O11. The summed E-state index contributed by atoms with van der Waals surface area (Å²) in [5.74, 6) is -1.29. The van der Waals surface area contributed by atoms with Gasteiger partial charge in [-0.15, -0.1) is 0 Å². The van der Waals surface area contributed by atoms with Gasteiger partial charge in [-0.05, 0) is 48.7 Å². The van der Waals surface area contributed by atoms with Gasteiger partial charge in [-0.1, -0.05) is 6.07 Å². The number of esters is 1. The summed E-state index contributed by atoms with van der Waals surface area (Å²) in [7, 11) is 1.33. The molecule has 1 aliphatic rings. The van der Waals surface area contributed by atoms with E-state index in [4.69, 9.17) is 18.9 Å². The second kappa shape index (κ2) is 11.4. The lowest BCUT2D eigenvalue weighted by atomic mass is 9.99. The number of aromatic hydroxyl groups is 3. The van der Waals surface area contributed by atoms with Gasteiger partial charge in [0.1, 0.15) is 31.0 Å². The number of benzene rings is 2. The molecule has 0 amide bonds. The summed E-state index contributed by atoms with van der Waals surface area (Å²) in [4.78, 5) is 12.3. The minimum Gasteiger partial charge on any atom is -0.504 e. The predicted molar refractivity (Wildman–Crippen MR) is 116 cm³/mol. The molecule has 0 radical (unpaired) electrons. The van der Waals surface area contributed by atoms with Crippen LogP contribution in [0.15, 0.2) is 36.4 Å². The van der Waals surface area contributed by atoms with E-state index in [0.29, 0.717) is 12.8 Å². The molecule has 5 atom stereocenters. The highest BCUT2D eigenvalue weighted by Crippen LogP contribution is 2.28. The molecule has 11 heteroatoms. The molecule has 1 saturated heterocycles. The normalized spacial score (nSPS) is 24.5. The number of aryl methyl sites for hydroxylation is 1. The molecule has 2 aromatic rings. The monoisotopic (exact) mass is 480 g/mol. The first-order valence-electron chi connectivity index (χ1n) is 10.6. The highest BCUT2D eigenvalue weighted by Gasteiger charge is 2.44. The van der Waals surface area contributed by atoms with Gasteiger partial charge < -0.3 is 49.6 Å². The van der Waals surface area contributed by atoms with Gasteiger partial charge in [0.15, 0.2) is 29.3 Å². The maximum absolute atomic E-state index is 12.3. The van der Waals surface area contributed by atoms with Gasteiger partial charge in [-0.2, -0.15) is 0 Å². The van der Waals surface area contributed by atoms with E-state index < -0.39 is 43.3 Å². The van der Waals surface area contributed by atoms with Crippen molar-refractivity contribution >= 4 is 5.97 Å². The largest absolute Gasteiger partial charge is 0.504 e. The van der Waals surface area contributed by atoms with Crippen molar-refractivity contribution in [2.75, 3.05) is 20.3 Å². The average molecular weight is 480 g/mol. The Morgan fingerprint density at radius 2 is 1.68 bits per heavy atom. The summed E-state index contributed by atoms with van der Waals surface area (Å²) >= 11 is 0. The molecule has 186 valence electrons. The number of phenolic OH excluding ortho intramolecular Hbond substituents is 3. The van der Waals surface area contributed by atoms with E-state index >= 15 is 0 Å². The number of hydrogen-bond acceptors (Lipinski definition) is 11. The third-order valence-corrected chi connectivity index (χ3v) is 5.39. The lowest BCUT2D eigenvalue weighted by molar-refractivity contribution is -0.300. The number of phenols is 3. The minimum absolute atomic E-state index is 0.0814. The zero-order chi connectivity index (χ0) is 24.8. The van der Waals surface area contributed by atoms with Crippen LogP contribution in [0.4, 0.5) is 0 Å². The first-order valence-corrected chi connectivity index (χ1v) is 10.6. The van der Waals surface area contributed by atoms with Gasteiger partial charge in [-0.3, -0.25) is 0 Å². The van der Waals surface area contributed by atoms with E-state index in [1.54, 1.807) is 6.07 Å². The lowest BCUT2D eigenvalue weighted by Gasteiger charge is -2.40. The third kappa shape index (κ3) is 6.07. The Morgan fingerprint density at radius 3 is 2.38 bits per heavy atom. The van der Waals surface area contributed by atoms with Crippen LogP contribution in [0.5, 0.6) is 23.0 Å². The van der Waals surface area contributed by atoms with Crippen molar-refractivity contribution in [2.24, 2.45) is 0 Å². The fourth-order valence-corrected chi connectivity index (χ4v) is 3.44. The quantitative estimate of drug-likeness (QED) is 0.167. The molecular weight excluding hydrogens is 452 g/mol. The Labute approximate surface area is 195 Å². The van der Waals surface area contributed by atoms with Crippen LogP contribution in [0.1, 0.15) is 22.3 Å². The first-order chi connectivity index (χ1) is 16.2. The van der Waals surface area contributed by atoms with E-state index in [0.717, 1.165) is 5.56 Å². The number of aliphatic hydroxyl groups excluding tert-OH is 3. The van der Waals surface area contributed by atoms with Crippen molar-refractivity contribution in [3.05, 3.63) is 47.5 Å². The molecule has 6 N–H and O–H groups in total. The number of carbonyl (C=O) groups is 1. The molecule has 1 aliphatic heterocycles. The lowest BCUT2D eigenvalue weighted by Crippen LogP contribution is -2.59. The molecule has 2 aromatic carbocycles. The molecule has 1 heterocycles. The maximum atomic E-state index is 12.3. The molecule has 0 spiro atoms. The van der Waals surface area contributed by atoms with Crippen molar-refractivity contribution in [2.45, 2.75) is 43.5 Å². The van der Waals surface area contributed by atoms with Crippen LogP contribution < -0.4 is 4.74 Å². The van der Waals surface area contributed by atoms with Crippen molar-refractivity contribution in [3.8, 4) is 23.0 Å². The minimum atomic E-state index is -1.59. The Morgan fingerprint density at radius 1 is 0.941 bits per heavy atom. The molecule has 1 fully saturated rings. The fourth-order valence-electron chi connectivity index (χ4n) is 3.44. The highest BCUT2D eigenvalue weighted by molar-refractivity contribution is 5.90. The van der Waals surface area contributed by atoms with Gasteiger partial charge in [0.2, 0.25) is 0 Å². The molecule has 0 unspecified atom stereocenters. The van der Waals surface area contributed by atoms with Crippen LogP contribution in [0, 0.1) is 0 Å². The van der Waals surface area contributed by atoms with E-state index in [-0.39, 0.29) is 35.2 Å². The Hall–Kier alpha value is -3.09. The van der Waals surface area contributed by atoms with E-state index in [2.05, 4.69) is 0 Å². The van der Waals surface area contributed by atoms with E-state index in [1.165, 1.54) is 37.4 Å². The SMILES string of the molecule is COc1cc(C(=O)OC[C@H]2O[C@@H](OCCCc3ccc(O)c(O)c3)[C@H](O)[C@@H](O)[C@@H]2O)ccc1O. The summed E-state index contributed by atoms with van der Waals surface area (Å²) < 4.78 is 21.1. The van der Waals surface area contributed by atoms with Crippen LogP contribution in [-0.4, -0.2) is 87.6 Å². The Kier molecular flexibility index (Phi) is 8.53. The van der Waals surface area contributed by atoms with Gasteiger partial charge in [0.05, 0.1) is 19.3 Å². The zero-order valence-corrected chi connectivity index (χ0v) is 18.4. The highest BCUT2D eigenvalue weighted by atomic mass is 16.7. The van der Waals surface area contributed by atoms with Crippen LogP contribution in [0.3, 0.4) is 0 Å². The number of aliphatic hydroxyl groups is 3. The van der Waals surface area contributed by atoms with Crippen LogP contribution in [0.25, 0.3) is 0 Å². The topological polar surface area (TPSA) is 175 Å². The standard InChI is InChI=1S/C23H28O11/c1-31-17-10-13(5-7-15(17)25)22(30)33-11-18-19(27)20(28)21(29)23(34-18)32-8-2-3-12-4-6-14(24)16(26)9-12/h4-7,9-10,18-21,23-29H,2-3,8,11H2,1H3/t18-,19-,20+,21-,23-/m1/s1. The number of carbonyl (C=O) groups excluding carboxylic acids is 1. The number of methoxy groups -OCH3 is 1. The molecule has 0 saturated carbocycles. The van der Waals surface area contributed by atoms with Crippen molar-refractivity contribution in [1.29, 1.82) is 0 Å². The smallest absolute Gasteiger partial charge is 0.338 e. The van der Waals surface area contributed by atoms with Crippen LogP contribution in [-0.2, 0) is 20.6 Å². The molecule has 11 nitrogen and oxygen atoms in total. The summed E-state index contributed by atoms with van der Waals surface area (Å²) in [6, 6.07) is 8.33. The van der Waals surface area contributed by atoms with Crippen molar-refractivity contribution in [1.82, 2.24) is 0 Å². The molecule has 0 aliphatic carbocycles. The second-order valence-corrected chi connectivity index (χ2v) is 7.80. The summed E-state index contributed by atoms with van der Waals surface area (Å²) in [6.45, 7) is -0.314. The van der Waals surface area contributed by atoms with Crippen LogP contribution in [0.2, 0.25) is 0 Å². The van der Waals surface area contributed by atoms with Gasteiger partial charge in [-0.25, -0.2) is 4.79 Å². The van der Waals surface area contributed by atoms with Gasteiger partial charge in [0, 0.05) is 0 Å². The number of hydrogen-bond donors (Lipinski definition) is 6. The van der Waals surface area contributed by atoms with Crippen molar-refractivity contribution < 1.29 is 54.4 Å². The zero-order valence-electron chi connectivity index (χ0n) is 18.4. The van der Waals surface area contributed by atoms with Crippen LogP contribution >= 0.6 is 0 Å². The second-order valence-electron chi connectivity index (χ2n) is 7.80. The Balaban J connectivity index is 1.52. The maximum Gasteiger partial charge on any atom is 0.338 e.